The minimum Gasteiger partial charge on any atom is -0.393 e. The third-order valence-electron chi connectivity index (χ3n) is 4.56. The van der Waals surface area contributed by atoms with Gasteiger partial charge in [0, 0.05) is 6.04 Å². The smallest absolute Gasteiger partial charge is 0.138 e. The molecule has 1 aliphatic carbocycles. The number of pyridine rings is 1. The molecule has 22 heavy (non-hydrogen) atoms. The fourth-order valence-corrected chi connectivity index (χ4v) is 4.37. The van der Waals surface area contributed by atoms with Crippen molar-refractivity contribution in [3.63, 3.8) is 0 Å². The SMILES string of the molecule is C[C@@H](O)c1nc2cnc3ccsc3c2n1C1CCC(O)CC1. The Hall–Kier alpha value is -1.50. The normalized spacial score (nSPS) is 24.1. The van der Waals surface area contributed by atoms with Gasteiger partial charge in [0.2, 0.25) is 0 Å². The van der Waals surface area contributed by atoms with Crippen LogP contribution in [0.15, 0.2) is 17.6 Å². The predicted molar refractivity (Wildman–Crippen MR) is 87.1 cm³/mol. The first kappa shape index (κ1) is 14.1. The van der Waals surface area contributed by atoms with Crippen molar-refractivity contribution in [1.29, 1.82) is 0 Å². The number of fused-ring (bicyclic) bond motifs is 3. The molecule has 0 aromatic carbocycles. The minimum atomic E-state index is -0.616. The van der Waals surface area contributed by atoms with Gasteiger partial charge in [0.1, 0.15) is 17.4 Å². The monoisotopic (exact) mass is 317 g/mol. The third-order valence-corrected chi connectivity index (χ3v) is 5.47. The first-order valence-corrected chi connectivity index (χ1v) is 8.63. The van der Waals surface area contributed by atoms with Gasteiger partial charge in [-0.2, -0.15) is 0 Å². The van der Waals surface area contributed by atoms with Gasteiger partial charge in [0.05, 0.1) is 28.0 Å². The molecule has 0 spiro atoms. The Morgan fingerprint density at radius 2 is 2.05 bits per heavy atom. The largest absolute Gasteiger partial charge is 0.393 e. The van der Waals surface area contributed by atoms with Gasteiger partial charge in [-0.3, -0.25) is 4.98 Å². The molecular formula is C16H19N3O2S. The zero-order valence-electron chi connectivity index (χ0n) is 12.4. The van der Waals surface area contributed by atoms with Crippen LogP contribution in [0.2, 0.25) is 0 Å². The van der Waals surface area contributed by atoms with Gasteiger partial charge in [0.15, 0.2) is 0 Å². The van der Waals surface area contributed by atoms with E-state index in [2.05, 4.69) is 14.5 Å². The molecule has 4 rings (SSSR count). The van der Waals surface area contributed by atoms with Crippen LogP contribution in [-0.4, -0.2) is 30.9 Å². The summed E-state index contributed by atoms with van der Waals surface area (Å²) in [6, 6.07) is 2.30. The van der Waals surface area contributed by atoms with Crippen LogP contribution in [0.5, 0.6) is 0 Å². The highest BCUT2D eigenvalue weighted by Gasteiger charge is 2.27. The molecular weight excluding hydrogens is 298 g/mol. The van der Waals surface area contributed by atoms with Crippen LogP contribution < -0.4 is 0 Å². The predicted octanol–water partition coefficient (Wildman–Crippen LogP) is 3.18. The molecule has 0 amide bonds. The summed E-state index contributed by atoms with van der Waals surface area (Å²) in [7, 11) is 0. The second-order valence-corrected chi connectivity index (χ2v) is 7.02. The molecule has 0 bridgehead atoms. The fraction of sp³-hybridized carbons (Fsp3) is 0.500. The molecule has 116 valence electrons. The summed E-state index contributed by atoms with van der Waals surface area (Å²) in [5.41, 5.74) is 2.90. The van der Waals surface area contributed by atoms with Crippen molar-refractivity contribution in [3.05, 3.63) is 23.5 Å². The number of aliphatic hydroxyl groups excluding tert-OH is 2. The maximum atomic E-state index is 10.2. The van der Waals surface area contributed by atoms with E-state index in [1.165, 1.54) is 0 Å². The molecule has 6 heteroatoms. The first-order valence-electron chi connectivity index (χ1n) is 7.75. The molecule has 0 radical (unpaired) electrons. The molecule has 5 nitrogen and oxygen atoms in total. The van der Waals surface area contributed by atoms with E-state index in [0.717, 1.165) is 46.9 Å². The van der Waals surface area contributed by atoms with Gasteiger partial charge in [-0.05, 0) is 44.1 Å². The molecule has 1 fully saturated rings. The average molecular weight is 317 g/mol. The van der Waals surface area contributed by atoms with Crippen LogP contribution in [0, 0.1) is 0 Å². The van der Waals surface area contributed by atoms with Crippen molar-refractivity contribution in [2.24, 2.45) is 0 Å². The number of imidazole rings is 1. The van der Waals surface area contributed by atoms with Crippen LogP contribution in [0.3, 0.4) is 0 Å². The lowest BCUT2D eigenvalue weighted by molar-refractivity contribution is 0.107. The van der Waals surface area contributed by atoms with Crippen molar-refractivity contribution >= 4 is 32.6 Å². The van der Waals surface area contributed by atoms with Gasteiger partial charge < -0.3 is 14.8 Å². The van der Waals surface area contributed by atoms with Crippen molar-refractivity contribution < 1.29 is 10.2 Å². The van der Waals surface area contributed by atoms with Gasteiger partial charge >= 0.3 is 0 Å². The summed E-state index contributed by atoms with van der Waals surface area (Å²) in [6.45, 7) is 1.76. The molecule has 1 atom stereocenters. The van der Waals surface area contributed by atoms with Crippen LogP contribution >= 0.6 is 11.3 Å². The number of rotatable bonds is 2. The summed E-state index contributed by atoms with van der Waals surface area (Å²) in [5.74, 6) is 0.707. The quantitative estimate of drug-likeness (QED) is 0.761. The maximum Gasteiger partial charge on any atom is 0.138 e. The van der Waals surface area contributed by atoms with Crippen LogP contribution in [0.25, 0.3) is 21.3 Å². The van der Waals surface area contributed by atoms with Gasteiger partial charge in [0.25, 0.3) is 0 Å². The molecule has 1 saturated carbocycles. The minimum absolute atomic E-state index is 0.190. The molecule has 3 aromatic heterocycles. The highest BCUT2D eigenvalue weighted by atomic mass is 32.1. The zero-order chi connectivity index (χ0) is 15.3. The molecule has 3 aromatic rings. The molecule has 0 unspecified atom stereocenters. The Labute approximate surface area is 132 Å². The highest BCUT2D eigenvalue weighted by Crippen LogP contribution is 2.37. The summed E-state index contributed by atoms with van der Waals surface area (Å²) in [5, 5.41) is 22.0. The Balaban J connectivity index is 1.96. The van der Waals surface area contributed by atoms with E-state index < -0.39 is 6.10 Å². The lowest BCUT2D eigenvalue weighted by Crippen LogP contribution is -2.23. The lowest BCUT2D eigenvalue weighted by atomic mass is 9.92. The van der Waals surface area contributed by atoms with Crippen LogP contribution in [0.4, 0.5) is 0 Å². The van der Waals surface area contributed by atoms with Crippen molar-refractivity contribution in [3.8, 4) is 0 Å². The Kier molecular flexibility index (Phi) is 3.40. The lowest BCUT2D eigenvalue weighted by Gasteiger charge is -2.28. The number of nitrogens with zero attached hydrogens (tertiary/aromatic N) is 3. The molecule has 0 saturated heterocycles. The van der Waals surface area contributed by atoms with E-state index in [1.807, 2.05) is 11.4 Å². The summed E-state index contributed by atoms with van der Waals surface area (Å²) >= 11 is 1.67. The number of aromatic nitrogens is 3. The fourth-order valence-electron chi connectivity index (χ4n) is 3.48. The summed E-state index contributed by atoms with van der Waals surface area (Å²) in [4.78, 5) is 9.08. The summed E-state index contributed by atoms with van der Waals surface area (Å²) in [6.07, 6.45) is 4.44. The van der Waals surface area contributed by atoms with E-state index in [4.69, 9.17) is 0 Å². The Bertz CT molecular complexity index is 815. The van der Waals surface area contributed by atoms with Gasteiger partial charge in [-0.25, -0.2) is 4.98 Å². The maximum absolute atomic E-state index is 10.2. The van der Waals surface area contributed by atoms with E-state index in [1.54, 1.807) is 24.5 Å². The number of aliphatic hydroxyl groups is 2. The van der Waals surface area contributed by atoms with Crippen LogP contribution in [-0.2, 0) is 0 Å². The highest BCUT2D eigenvalue weighted by molar-refractivity contribution is 7.18. The second kappa shape index (κ2) is 5.30. The van der Waals surface area contributed by atoms with Crippen molar-refractivity contribution in [2.45, 2.75) is 50.9 Å². The second-order valence-electron chi connectivity index (χ2n) is 6.11. The zero-order valence-corrected chi connectivity index (χ0v) is 13.3. The van der Waals surface area contributed by atoms with Crippen molar-refractivity contribution in [2.75, 3.05) is 0 Å². The number of hydrogen-bond acceptors (Lipinski definition) is 5. The molecule has 2 N–H and O–H groups in total. The Morgan fingerprint density at radius 1 is 1.27 bits per heavy atom. The Morgan fingerprint density at radius 3 is 2.77 bits per heavy atom. The first-order chi connectivity index (χ1) is 10.6. The third kappa shape index (κ3) is 2.14. The van der Waals surface area contributed by atoms with Crippen LogP contribution in [0.1, 0.15) is 50.6 Å². The van der Waals surface area contributed by atoms with Gasteiger partial charge in [-0.15, -0.1) is 11.3 Å². The molecule has 1 aliphatic rings. The molecule has 3 heterocycles. The van der Waals surface area contributed by atoms with E-state index in [0.29, 0.717) is 5.82 Å². The van der Waals surface area contributed by atoms with Crippen molar-refractivity contribution in [1.82, 2.24) is 14.5 Å². The van der Waals surface area contributed by atoms with Gasteiger partial charge in [-0.1, -0.05) is 0 Å². The van der Waals surface area contributed by atoms with E-state index in [-0.39, 0.29) is 12.1 Å². The number of hydrogen-bond donors (Lipinski definition) is 2. The molecule has 0 aliphatic heterocycles. The summed E-state index contributed by atoms with van der Waals surface area (Å²) < 4.78 is 3.33. The van der Waals surface area contributed by atoms with E-state index >= 15 is 0 Å². The standard InChI is InChI=1S/C16H19N3O2S/c1-9(20)16-18-13-8-17-12-6-7-22-15(12)14(13)19(16)10-2-4-11(21)5-3-10/h6-11,20-21H,2-5H2,1H3/t9-,10?,11?/m1/s1. The topological polar surface area (TPSA) is 71.2 Å². The number of thiophene rings is 1. The van der Waals surface area contributed by atoms with E-state index in [9.17, 15) is 10.2 Å². The average Bonchev–Trinajstić information content (AvgIpc) is 3.11.